The van der Waals surface area contributed by atoms with Gasteiger partial charge in [-0.05, 0) is 12.8 Å². The van der Waals surface area contributed by atoms with Crippen LogP contribution in [-0.2, 0) is 14.3 Å². The molecule has 0 fully saturated rings. The number of nitrogens with one attached hydrogen (secondary N) is 1. The highest BCUT2D eigenvalue weighted by molar-refractivity contribution is 5.84. The van der Waals surface area contributed by atoms with Gasteiger partial charge in [-0.15, -0.1) is 0 Å². The van der Waals surface area contributed by atoms with E-state index >= 15 is 0 Å². The molecule has 0 aliphatic rings. The largest absolute Gasteiger partial charge is 0.464 e. The van der Waals surface area contributed by atoms with Crippen molar-refractivity contribution >= 4 is 11.9 Å². The van der Waals surface area contributed by atoms with Gasteiger partial charge in [-0.25, -0.2) is 4.79 Å². The zero-order valence-corrected chi connectivity index (χ0v) is 24.8. The van der Waals surface area contributed by atoms with E-state index in [1.165, 1.54) is 122 Å². The molecule has 5 heteroatoms. The Morgan fingerprint density at radius 1 is 0.568 bits per heavy atom. The first-order valence-electron chi connectivity index (χ1n) is 16.2. The van der Waals surface area contributed by atoms with Crippen molar-refractivity contribution in [3.63, 3.8) is 0 Å². The molecule has 0 saturated heterocycles. The van der Waals surface area contributed by atoms with Crippen molar-refractivity contribution in [2.45, 2.75) is 180 Å². The lowest BCUT2D eigenvalue weighted by Crippen LogP contribution is -2.44. The summed E-state index contributed by atoms with van der Waals surface area (Å²) in [4.78, 5) is 24.3. The number of aliphatic hydroxyl groups is 1. The number of ether oxygens (including phenoxy) is 1. The minimum Gasteiger partial charge on any atom is -0.464 e. The Bertz CT molecular complexity index is 497. The molecule has 0 saturated carbocycles. The highest BCUT2D eigenvalue weighted by Crippen LogP contribution is 2.13. The van der Waals surface area contributed by atoms with Gasteiger partial charge in [0.25, 0.3) is 0 Å². The molecule has 0 heterocycles. The Labute approximate surface area is 230 Å². The number of rotatable bonds is 29. The van der Waals surface area contributed by atoms with Crippen LogP contribution in [0.25, 0.3) is 0 Å². The van der Waals surface area contributed by atoms with Gasteiger partial charge in [-0.1, -0.05) is 155 Å². The van der Waals surface area contributed by atoms with Crippen LogP contribution < -0.4 is 5.32 Å². The fourth-order valence-corrected chi connectivity index (χ4v) is 4.79. The van der Waals surface area contributed by atoms with E-state index < -0.39 is 18.6 Å². The van der Waals surface area contributed by atoms with Crippen molar-refractivity contribution < 1.29 is 19.4 Å². The van der Waals surface area contributed by atoms with Gasteiger partial charge in [0.15, 0.2) is 6.04 Å². The normalized spacial score (nSPS) is 12.0. The van der Waals surface area contributed by atoms with Crippen LogP contribution >= 0.6 is 0 Å². The van der Waals surface area contributed by atoms with Crippen molar-refractivity contribution in [2.24, 2.45) is 0 Å². The van der Waals surface area contributed by atoms with E-state index in [-0.39, 0.29) is 5.91 Å². The third-order valence-electron chi connectivity index (χ3n) is 7.30. The molecule has 5 nitrogen and oxygen atoms in total. The number of amides is 1. The lowest BCUT2D eigenvalue weighted by atomic mass is 10.0. The number of carbonyl (C=O) groups excluding carboxylic acids is 2. The van der Waals surface area contributed by atoms with Crippen molar-refractivity contribution in [3.8, 4) is 0 Å². The van der Waals surface area contributed by atoms with Crippen LogP contribution in [-0.4, -0.2) is 36.2 Å². The summed E-state index contributed by atoms with van der Waals surface area (Å²) >= 11 is 0. The van der Waals surface area contributed by atoms with E-state index in [4.69, 9.17) is 4.74 Å². The molecule has 0 unspecified atom stereocenters. The van der Waals surface area contributed by atoms with Crippen LogP contribution in [0.15, 0.2) is 0 Å². The van der Waals surface area contributed by atoms with Crippen molar-refractivity contribution in [1.82, 2.24) is 5.32 Å². The standard InChI is InChI=1S/C32H63NO4/c1-3-5-7-9-11-13-15-17-19-21-23-25-27-31(35)33-30(29-34)32(36)37-28-26-24-22-20-18-16-14-12-10-8-6-4-2/h30,34H,3-29H2,1-2H3,(H,33,35)/t30-/m0/s1. The second-order valence-corrected chi connectivity index (χ2v) is 11.0. The smallest absolute Gasteiger partial charge is 0.331 e. The summed E-state index contributed by atoms with van der Waals surface area (Å²) in [6.45, 7) is 4.46. The van der Waals surface area contributed by atoms with Crippen LogP contribution in [0.3, 0.4) is 0 Å². The van der Waals surface area contributed by atoms with E-state index in [1.54, 1.807) is 0 Å². The Kier molecular flexibility index (Phi) is 28.6. The van der Waals surface area contributed by atoms with Gasteiger partial charge < -0.3 is 15.2 Å². The molecule has 220 valence electrons. The third-order valence-corrected chi connectivity index (χ3v) is 7.30. The fraction of sp³-hybridized carbons (Fsp3) is 0.938. The molecule has 1 amide bonds. The lowest BCUT2D eigenvalue weighted by molar-refractivity contribution is -0.149. The quantitative estimate of drug-likeness (QED) is 0.0755. The summed E-state index contributed by atoms with van der Waals surface area (Å²) in [6, 6.07) is -0.942. The van der Waals surface area contributed by atoms with Crippen molar-refractivity contribution in [1.29, 1.82) is 0 Å². The Morgan fingerprint density at radius 2 is 0.919 bits per heavy atom. The highest BCUT2D eigenvalue weighted by atomic mass is 16.5. The molecule has 0 radical (unpaired) electrons. The molecular weight excluding hydrogens is 462 g/mol. The molecule has 37 heavy (non-hydrogen) atoms. The number of esters is 1. The van der Waals surface area contributed by atoms with Gasteiger partial charge >= 0.3 is 5.97 Å². The molecule has 0 rings (SSSR count). The molecular formula is C32H63NO4. The maximum absolute atomic E-state index is 12.2. The summed E-state index contributed by atoms with van der Waals surface area (Å²) in [5.41, 5.74) is 0. The summed E-state index contributed by atoms with van der Waals surface area (Å²) in [5.74, 6) is -0.693. The molecule has 2 N–H and O–H groups in total. The number of unbranched alkanes of at least 4 members (excludes halogenated alkanes) is 22. The lowest BCUT2D eigenvalue weighted by Gasteiger charge is -2.15. The van der Waals surface area contributed by atoms with Crippen molar-refractivity contribution in [2.75, 3.05) is 13.2 Å². The second-order valence-electron chi connectivity index (χ2n) is 11.0. The molecule has 0 bridgehead atoms. The zero-order chi connectivity index (χ0) is 27.2. The van der Waals surface area contributed by atoms with Gasteiger partial charge in [0, 0.05) is 6.42 Å². The number of hydrogen-bond donors (Lipinski definition) is 2. The highest BCUT2D eigenvalue weighted by Gasteiger charge is 2.21. The predicted molar refractivity (Wildman–Crippen MR) is 157 cm³/mol. The van der Waals surface area contributed by atoms with Gasteiger partial charge in [-0.2, -0.15) is 0 Å². The number of carbonyl (C=O) groups is 2. The second kappa shape index (κ2) is 29.5. The summed E-state index contributed by atoms with van der Waals surface area (Å²) in [6.07, 6.45) is 30.6. The van der Waals surface area contributed by atoms with Gasteiger partial charge in [0.2, 0.25) is 5.91 Å². The molecule has 0 aromatic carbocycles. The maximum Gasteiger partial charge on any atom is 0.331 e. The monoisotopic (exact) mass is 525 g/mol. The van der Waals surface area contributed by atoms with E-state index in [0.717, 1.165) is 32.1 Å². The van der Waals surface area contributed by atoms with Gasteiger partial charge in [0.1, 0.15) is 0 Å². The zero-order valence-electron chi connectivity index (χ0n) is 24.8. The first-order valence-corrected chi connectivity index (χ1v) is 16.2. The number of hydrogen-bond acceptors (Lipinski definition) is 4. The van der Waals surface area contributed by atoms with E-state index in [1.807, 2.05) is 0 Å². The summed E-state index contributed by atoms with van der Waals surface area (Å²) in [7, 11) is 0. The SMILES string of the molecule is CCCCCCCCCCCCCCOC(=O)[C@H](CO)NC(=O)CCCCCCCCCCCCCC. The minimum absolute atomic E-state index is 0.173. The van der Waals surface area contributed by atoms with Gasteiger partial charge in [0.05, 0.1) is 13.2 Å². The van der Waals surface area contributed by atoms with Crippen LogP contribution in [0.5, 0.6) is 0 Å². The topological polar surface area (TPSA) is 75.6 Å². The molecule has 0 spiro atoms. The number of aliphatic hydroxyl groups excluding tert-OH is 1. The van der Waals surface area contributed by atoms with E-state index in [9.17, 15) is 14.7 Å². The Morgan fingerprint density at radius 3 is 1.30 bits per heavy atom. The minimum atomic E-state index is -0.942. The van der Waals surface area contributed by atoms with Crippen molar-refractivity contribution in [3.05, 3.63) is 0 Å². The summed E-state index contributed by atoms with van der Waals surface area (Å²) < 4.78 is 5.29. The predicted octanol–water partition coefficient (Wildman–Crippen LogP) is 8.80. The van der Waals surface area contributed by atoms with Gasteiger partial charge in [-0.3, -0.25) is 4.79 Å². The van der Waals surface area contributed by atoms with Crippen LogP contribution in [0, 0.1) is 0 Å². The molecule has 0 aliphatic heterocycles. The maximum atomic E-state index is 12.2. The third kappa shape index (κ3) is 26.3. The Hall–Kier alpha value is -1.10. The average Bonchev–Trinajstić information content (AvgIpc) is 2.90. The molecule has 0 aliphatic carbocycles. The summed E-state index contributed by atoms with van der Waals surface area (Å²) in [5, 5.41) is 12.1. The van der Waals surface area contributed by atoms with Crippen LogP contribution in [0.1, 0.15) is 174 Å². The van der Waals surface area contributed by atoms with Crippen LogP contribution in [0.4, 0.5) is 0 Å². The fourth-order valence-electron chi connectivity index (χ4n) is 4.79. The van der Waals surface area contributed by atoms with Crippen LogP contribution in [0.2, 0.25) is 0 Å². The molecule has 0 aromatic heterocycles. The first kappa shape index (κ1) is 35.9. The first-order chi connectivity index (χ1) is 18.2. The molecule has 0 aromatic rings. The average molecular weight is 526 g/mol. The van der Waals surface area contributed by atoms with E-state index in [2.05, 4.69) is 19.2 Å². The Balaban J connectivity index is 3.57. The molecule has 1 atom stereocenters. The van der Waals surface area contributed by atoms with E-state index in [0.29, 0.717) is 13.0 Å².